The first-order valence-electron chi connectivity index (χ1n) is 7.22. The molecule has 0 fully saturated rings. The number of nitrogens with zero attached hydrogens (tertiary/aromatic N) is 2. The van der Waals surface area contributed by atoms with E-state index in [9.17, 15) is 9.59 Å². The van der Waals surface area contributed by atoms with Crippen LogP contribution in [0.1, 0.15) is 47.7 Å². The third-order valence-corrected chi connectivity index (χ3v) is 3.30. The molecule has 1 aromatic heterocycles. The zero-order valence-corrected chi connectivity index (χ0v) is 13.0. The second kappa shape index (κ2) is 6.16. The molecule has 0 unspecified atom stereocenters. The lowest BCUT2D eigenvalue weighted by atomic mass is 10.1. The van der Waals surface area contributed by atoms with Crippen LogP contribution in [0.5, 0.6) is 0 Å². The number of esters is 1. The molecule has 0 amide bonds. The molecular formula is C16H22N2O3. The molecule has 0 radical (unpaired) electrons. The third-order valence-electron chi connectivity index (χ3n) is 3.30. The van der Waals surface area contributed by atoms with Crippen molar-refractivity contribution in [3.63, 3.8) is 0 Å². The van der Waals surface area contributed by atoms with Gasteiger partial charge in [-0.05, 0) is 38.8 Å². The molecule has 0 saturated heterocycles. The van der Waals surface area contributed by atoms with Gasteiger partial charge in [0, 0.05) is 32.4 Å². The standard InChI is InChI=1S/C16H22N2O3/c1-11(2)21-16(20)14-8-7-13-15(19)12(10-17(3)4)6-5-9-18(13)14/h7-8,10-11H,5-6,9H2,1-4H3. The number of aromatic nitrogens is 1. The molecule has 1 aliphatic rings. The summed E-state index contributed by atoms with van der Waals surface area (Å²) in [7, 11) is 3.80. The molecule has 5 nitrogen and oxygen atoms in total. The van der Waals surface area contributed by atoms with E-state index in [4.69, 9.17) is 4.74 Å². The molecule has 114 valence electrons. The molecular weight excluding hydrogens is 268 g/mol. The van der Waals surface area contributed by atoms with Crippen molar-refractivity contribution in [2.24, 2.45) is 0 Å². The Morgan fingerprint density at radius 1 is 1.38 bits per heavy atom. The summed E-state index contributed by atoms with van der Waals surface area (Å²) in [4.78, 5) is 26.5. The number of allylic oxidation sites excluding steroid dienone is 1. The normalized spacial score (nSPS) is 16.8. The van der Waals surface area contributed by atoms with Gasteiger partial charge in [0.2, 0.25) is 5.78 Å². The van der Waals surface area contributed by atoms with Crippen LogP contribution in [-0.4, -0.2) is 41.4 Å². The molecule has 0 bridgehead atoms. The van der Waals surface area contributed by atoms with Gasteiger partial charge in [-0.2, -0.15) is 0 Å². The quantitative estimate of drug-likeness (QED) is 0.634. The molecule has 1 aliphatic heterocycles. The van der Waals surface area contributed by atoms with Gasteiger partial charge in [0.25, 0.3) is 0 Å². The molecule has 0 aliphatic carbocycles. The number of fused-ring (bicyclic) bond motifs is 1. The molecule has 21 heavy (non-hydrogen) atoms. The monoisotopic (exact) mass is 290 g/mol. The van der Waals surface area contributed by atoms with E-state index in [1.54, 1.807) is 16.7 Å². The zero-order chi connectivity index (χ0) is 15.6. The Bertz CT molecular complexity index is 582. The molecule has 1 aromatic rings. The molecule has 2 heterocycles. The van der Waals surface area contributed by atoms with Gasteiger partial charge in [-0.25, -0.2) is 4.79 Å². The van der Waals surface area contributed by atoms with Crippen LogP contribution in [0.15, 0.2) is 23.9 Å². The number of Topliss-reactive ketones (excluding diaryl/α,β-unsaturated/α-hetero) is 1. The van der Waals surface area contributed by atoms with E-state index in [2.05, 4.69) is 0 Å². The number of hydrogen-bond acceptors (Lipinski definition) is 4. The van der Waals surface area contributed by atoms with Crippen molar-refractivity contribution in [3.8, 4) is 0 Å². The van der Waals surface area contributed by atoms with E-state index in [1.165, 1.54) is 0 Å². The highest BCUT2D eigenvalue weighted by Crippen LogP contribution is 2.23. The second-order valence-corrected chi connectivity index (χ2v) is 5.76. The third kappa shape index (κ3) is 3.35. The predicted molar refractivity (Wildman–Crippen MR) is 80.3 cm³/mol. The van der Waals surface area contributed by atoms with Gasteiger partial charge in [-0.15, -0.1) is 0 Å². The molecule has 0 N–H and O–H groups in total. The van der Waals surface area contributed by atoms with Crippen molar-refractivity contribution in [3.05, 3.63) is 35.3 Å². The van der Waals surface area contributed by atoms with Crippen molar-refractivity contribution in [1.29, 1.82) is 0 Å². The highest BCUT2D eigenvalue weighted by molar-refractivity contribution is 6.08. The van der Waals surface area contributed by atoms with E-state index in [0.717, 1.165) is 18.4 Å². The lowest BCUT2D eigenvalue weighted by Gasteiger charge is -2.11. The summed E-state index contributed by atoms with van der Waals surface area (Å²) in [5, 5.41) is 0. The maximum absolute atomic E-state index is 12.6. The fourth-order valence-corrected chi connectivity index (χ4v) is 2.50. The van der Waals surface area contributed by atoms with Crippen LogP contribution in [0, 0.1) is 0 Å². The summed E-state index contributed by atoms with van der Waals surface area (Å²) < 4.78 is 7.02. The van der Waals surface area contributed by atoms with Crippen molar-refractivity contribution in [2.45, 2.75) is 39.3 Å². The Morgan fingerprint density at radius 2 is 2.10 bits per heavy atom. The first-order chi connectivity index (χ1) is 9.90. The van der Waals surface area contributed by atoms with E-state index in [1.807, 2.05) is 39.0 Å². The summed E-state index contributed by atoms with van der Waals surface area (Å²) in [6.07, 6.45) is 3.23. The fraction of sp³-hybridized carbons (Fsp3) is 0.500. The summed E-state index contributed by atoms with van der Waals surface area (Å²) >= 11 is 0. The van der Waals surface area contributed by atoms with Crippen LogP contribution in [0.25, 0.3) is 0 Å². The SMILES string of the molecule is CC(C)OC(=O)c1ccc2n1CCCC(=CN(C)C)C2=O. The first-order valence-corrected chi connectivity index (χ1v) is 7.22. The summed E-state index contributed by atoms with van der Waals surface area (Å²) in [5.74, 6) is -0.381. The van der Waals surface area contributed by atoms with Gasteiger partial charge in [0.1, 0.15) is 5.69 Å². The Hall–Kier alpha value is -2.04. The largest absolute Gasteiger partial charge is 0.458 e. The van der Waals surface area contributed by atoms with E-state index < -0.39 is 0 Å². The Kier molecular flexibility index (Phi) is 4.50. The van der Waals surface area contributed by atoms with Crippen LogP contribution in [0.4, 0.5) is 0 Å². The zero-order valence-electron chi connectivity index (χ0n) is 13.0. The lowest BCUT2D eigenvalue weighted by molar-refractivity contribution is 0.0365. The van der Waals surface area contributed by atoms with Gasteiger partial charge >= 0.3 is 5.97 Å². The van der Waals surface area contributed by atoms with Gasteiger partial charge in [-0.3, -0.25) is 4.79 Å². The van der Waals surface area contributed by atoms with Crippen molar-refractivity contribution >= 4 is 11.8 Å². The van der Waals surface area contributed by atoms with Gasteiger partial charge in [0.05, 0.1) is 11.8 Å². The lowest BCUT2D eigenvalue weighted by Crippen LogP contribution is -2.18. The number of hydrogen-bond donors (Lipinski definition) is 0. The Balaban J connectivity index is 2.35. The van der Waals surface area contributed by atoms with E-state index in [0.29, 0.717) is 17.9 Å². The van der Waals surface area contributed by atoms with Crippen LogP contribution >= 0.6 is 0 Å². The smallest absolute Gasteiger partial charge is 0.355 e. The predicted octanol–water partition coefficient (Wildman–Crippen LogP) is 2.48. The average Bonchev–Trinajstić information content (AvgIpc) is 2.73. The van der Waals surface area contributed by atoms with Crippen LogP contribution in [0.3, 0.4) is 0 Å². The molecule has 0 aromatic carbocycles. The second-order valence-electron chi connectivity index (χ2n) is 5.76. The molecule has 0 spiro atoms. The summed E-state index contributed by atoms with van der Waals surface area (Å²) in [5.41, 5.74) is 1.80. The molecule has 0 atom stereocenters. The summed E-state index contributed by atoms with van der Waals surface area (Å²) in [6.45, 7) is 4.28. The van der Waals surface area contributed by atoms with Crippen LogP contribution in [0.2, 0.25) is 0 Å². The van der Waals surface area contributed by atoms with Crippen molar-refractivity contribution in [1.82, 2.24) is 9.47 Å². The van der Waals surface area contributed by atoms with Gasteiger partial charge in [0.15, 0.2) is 0 Å². The first kappa shape index (κ1) is 15.4. The average molecular weight is 290 g/mol. The van der Waals surface area contributed by atoms with Crippen molar-refractivity contribution in [2.75, 3.05) is 14.1 Å². The number of ether oxygens (including phenoxy) is 1. The highest BCUT2D eigenvalue weighted by Gasteiger charge is 2.25. The maximum atomic E-state index is 12.6. The maximum Gasteiger partial charge on any atom is 0.355 e. The number of carbonyl (C=O) groups is 2. The fourth-order valence-electron chi connectivity index (χ4n) is 2.50. The molecule has 5 heteroatoms. The number of ketones is 1. The van der Waals surface area contributed by atoms with E-state index in [-0.39, 0.29) is 17.9 Å². The summed E-state index contributed by atoms with van der Waals surface area (Å²) in [6, 6.07) is 3.39. The van der Waals surface area contributed by atoms with Gasteiger partial charge < -0.3 is 14.2 Å². The van der Waals surface area contributed by atoms with Crippen LogP contribution < -0.4 is 0 Å². The topological polar surface area (TPSA) is 51.5 Å². The van der Waals surface area contributed by atoms with Gasteiger partial charge in [-0.1, -0.05) is 0 Å². The Morgan fingerprint density at radius 3 is 2.71 bits per heavy atom. The van der Waals surface area contributed by atoms with Crippen LogP contribution in [-0.2, 0) is 11.3 Å². The molecule has 0 saturated carbocycles. The van der Waals surface area contributed by atoms with E-state index >= 15 is 0 Å². The number of rotatable bonds is 3. The number of carbonyl (C=O) groups excluding carboxylic acids is 2. The highest BCUT2D eigenvalue weighted by atomic mass is 16.5. The molecule has 2 rings (SSSR count). The minimum atomic E-state index is -0.371. The minimum absolute atomic E-state index is 0.00945. The van der Waals surface area contributed by atoms with Crippen molar-refractivity contribution < 1.29 is 14.3 Å². The minimum Gasteiger partial charge on any atom is -0.458 e. The Labute approximate surface area is 125 Å².